The highest BCUT2D eigenvalue weighted by atomic mass is 35.5. The van der Waals surface area contributed by atoms with Crippen LogP contribution in [-0.4, -0.2) is 35.1 Å². The monoisotopic (exact) mass is 464 g/mol. The molecule has 0 aliphatic carbocycles. The van der Waals surface area contributed by atoms with Gasteiger partial charge in [-0.2, -0.15) is 0 Å². The second-order valence-electron chi connectivity index (χ2n) is 9.11. The number of aromatic amines is 1. The van der Waals surface area contributed by atoms with E-state index in [-0.39, 0.29) is 28.4 Å². The van der Waals surface area contributed by atoms with Crippen molar-refractivity contribution in [2.75, 3.05) is 13.2 Å². The molecule has 0 aliphatic rings. The van der Waals surface area contributed by atoms with Gasteiger partial charge in [-0.05, 0) is 19.9 Å². The van der Waals surface area contributed by atoms with Gasteiger partial charge in [0.25, 0.3) is 0 Å². The predicted octanol–water partition coefficient (Wildman–Crippen LogP) is 5.06. The molecule has 0 aliphatic heterocycles. The van der Waals surface area contributed by atoms with E-state index in [0.29, 0.717) is 17.2 Å². The first kappa shape index (κ1) is 27.4. The van der Waals surface area contributed by atoms with Crippen molar-refractivity contribution in [2.45, 2.75) is 66.2 Å². The van der Waals surface area contributed by atoms with Crippen molar-refractivity contribution in [1.29, 1.82) is 0 Å². The Morgan fingerprint density at radius 2 is 1.47 bits per heavy atom. The van der Waals surface area contributed by atoms with Crippen LogP contribution in [0.25, 0.3) is 0 Å². The smallest absolute Gasteiger partial charge is 0.343 e. The van der Waals surface area contributed by atoms with Gasteiger partial charge >= 0.3 is 11.9 Å². The lowest BCUT2D eigenvalue weighted by molar-refractivity contribution is 0.0515. The summed E-state index contributed by atoms with van der Waals surface area (Å²) < 4.78 is 9.65. The number of rotatable bonds is 4. The Hall–Kier alpha value is -2.67. The lowest BCUT2D eigenvalue weighted by Gasteiger charge is -2.18. The number of H-pyrrole nitrogens is 1. The zero-order valence-electron chi connectivity index (χ0n) is 20.1. The van der Waals surface area contributed by atoms with Crippen molar-refractivity contribution in [3.63, 3.8) is 0 Å². The summed E-state index contributed by atoms with van der Waals surface area (Å²) >= 11 is 6.03. The van der Waals surface area contributed by atoms with Crippen LogP contribution in [0.5, 0.6) is 0 Å². The van der Waals surface area contributed by atoms with Gasteiger partial charge in [0.05, 0.1) is 23.8 Å². The Labute approximate surface area is 194 Å². The summed E-state index contributed by atoms with van der Waals surface area (Å²) in [7, 11) is 0. The van der Waals surface area contributed by atoms with E-state index >= 15 is 0 Å². The van der Waals surface area contributed by atoms with E-state index < -0.39 is 11.9 Å². The van der Waals surface area contributed by atoms with Crippen LogP contribution in [0.4, 0.5) is 0 Å². The molecule has 0 radical (unpaired) electrons. The van der Waals surface area contributed by atoms with Gasteiger partial charge in [-0.15, -0.1) is 0 Å². The summed E-state index contributed by atoms with van der Waals surface area (Å²) in [5.74, 6) is -1.01. The summed E-state index contributed by atoms with van der Waals surface area (Å²) in [6.45, 7) is 16.1. The van der Waals surface area contributed by atoms with Crippen molar-refractivity contribution in [3.05, 3.63) is 62.3 Å². The average molecular weight is 465 g/mol. The normalized spacial score (nSPS) is 11.3. The van der Waals surface area contributed by atoms with Crippen LogP contribution >= 0.6 is 11.6 Å². The zero-order chi connectivity index (χ0) is 24.7. The van der Waals surface area contributed by atoms with E-state index in [1.807, 2.05) is 41.5 Å². The van der Waals surface area contributed by atoms with E-state index in [1.54, 1.807) is 19.9 Å². The van der Waals surface area contributed by atoms with Gasteiger partial charge in [0.15, 0.2) is 5.43 Å². The molecule has 2 aromatic rings. The first-order valence-corrected chi connectivity index (χ1v) is 10.8. The van der Waals surface area contributed by atoms with Gasteiger partial charge in [0.1, 0.15) is 5.56 Å². The molecule has 0 saturated heterocycles. The third-order valence-electron chi connectivity index (χ3n) is 4.33. The molecular weight excluding hydrogens is 432 g/mol. The molecule has 32 heavy (non-hydrogen) atoms. The van der Waals surface area contributed by atoms with Crippen molar-refractivity contribution in [2.24, 2.45) is 0 Å². The minimum Gasteiger partial charge on any atom is -0.462 e. The van der Waals surface area contributed by atoms with Gasteiger partial charge in [-0.1, -0.05) is 53.1 Å². The second kappa shape index (κ2) is 11.3. The number of halogens is 1. The van der Waals surface area contributed by atoms with Crippen molar-refractivity contribution in [3.8, 4) is 0 Å². The highest BCUT2D eigenvalue weighted by Gasteiger charge is 2.20. The Morgan fingerprint density at radius 3 is 1.88 bits per heavy atom. The fourth-order valence-electron chi connectivity index (χ4n) is 2.47. The van der Waals surface area contributed by atoms with E-state index in [1.165, 1.54) is 18.5 Å². The number of pyridine rings is 2. The lowest BCUT2D eigenvalue weighted by atomic mass is 9.91. The molecule has 8 heteroatoms. The molecule has 0 amide bonds. The van der Waals surface area contributed by atoms with Crippen molar-refractivity contribution >= 4 is 23.5 Å². The van der Waals surface area contributed by atoms with Crippen molar-refractivity contribution in [1.82, 2.24) is 9.97 Å². The van der Waals surface area contributed by atoms with Gasteiger partial charge in [-0.3, -0.25) is 9.78 Å². The molecule has 176 valence electrons. The number of hydrogen-bond donors (Lipinski definition) is 1. The van der Waals surface area contributed by atoms with E-state index in [4.69, 9.17) is 21.1 Å². The average Bonchev–Trinajstić information content (AvgIpc) is 2.67. The van der Waals surface area contributed by atoms with Crippen LogP contribution in [0.1, 0.15) is 87.5 Å². The molecule has 2 aromatic heterocycles. The molecule has 1 N–H and O–H groups in total. The van der Waals surface area contributed by atoms with Crippen LogP contribution in [0, 0.1) is 0 Å². The summed E-state index contributed by atoms with van der Waals surface area (Å²) in [5.41, 5.74) is 1.48. The minimum absolute atomic E-state index is 0.0508. The molecule has 0 bridgehead atoms. The predicted molar refractivity (Wildman–Crippen MR) is 126 cm³/mol. The Morgan fingerprint density at radius 1 is 0.938 bits per heavy atom. The third kappa shape index (κ3) is 7.79. The first-order valence-electron chi connectivity index (χ1n) is 10.5. The van der Waals surface area contributed by atoms with E-state index in [9.17, 15) is 14.4 Å². The van der Waals surface area contributed by atoms with Crippen LogP contribution in [0.3, 0.4) is 0 Å². The van der Waals surface area contributed by atoms with E-state index in [2.05, 4.69) is 9.97 Å². The summed E-state index contributed by atoms with van der Waals surface area (Å²) in [4.78, 5) is 41.7. The lowest BCUT2D eigenvalue weighted by Crippen LogP contribution is -2.22. The number of carbonyl (C=O) groups excluding carboxylic acids is 2. The maximum Gasteiger partial charge on any atom is 0.343 e. The van der Waals surface area contributed by atoms with Crippen LogP contribution in [0.15, 0.2) is 29.3 Å². The van der Waals surface area contributed by atoms with Gasteiger partial charge < -0.3 is 14.5 Å². The molecule has 0 atom stereocenters. The van der Waals surface area contributed by atoms with Gasteiger partial charge in [0, 0.05) is 40.7 Å². The summed E-state index contributed by atoms with van der Waals surface area (Å²) in [6.07, 6.45) is 2.89. The quantitative estimate of drug-likeness (QED) is 0.635. The van der Waals surface area contributed by atoms with Crippen LogP contribution in [0.2, 0.25) is 5.02 Å². The number of hydrogen-bond acceptors (Lipinski definition) is 6. The fraction of sp³-hybridized carbons (Fsp3) is 0.500. The molecule has 0 fully saturated rings. The molecule has 0 aromatic carbocycles. The third-order valence-corrected chi connectivity index (χ3v) is 4.65. The molecule has 0 saturated carbocycles. The highest BCUT2D eigenvalue weighted by molar-refractivity contribution is 6.33. The Balaban J connectivity index is 0.000000320. The van der Waals surface area contributed by atoms with E-state index in [0.717, 1.165) is 11.4 Å². The number of ether oxygens (including phenoxy) is 2. The largest absolute Gasteiger partial charge is 0.462 e. The number of aromatic nitrogens is 2. The number of nitrogens with zero attached hydrogens (tertiary/aromatic N) is 1. The number of carbonyl (C=O) groups is 2. The highest BCUT2D eigenvalue weighted by Crippen LogP contribution is 2.25. The Bertz CT molecular complexity index is 1000. The topological polar surface area (TPSA) is 98.4 Å². The number of nitrogens with one attached hydrogen (secondary N) is 1. The maximum absolute atomic E-state index is 11.7. The van der Waals surface area contributed by atoms with Crippen LogP contribution < -0.4 is 5.43 Å². The van der Waals surface area contributed by atoms with Crippen molar-refractivity contribution < 1.29 is 19.1 Å². The molecule has 2 heterocycles. The minimum atomic E-state index is -0.579. The molecule has 0 unspecified atom stereocenters. The molecule has 7 nitrogen and oxygen atoms in total. The standard InChI is InChI=1S/C12H16ClNO2.C12H17NO3/c1-5-16-11(15)8-7-14-10(6-9(8)13)12(2,3)4;1-5-16-11(15)8-7-13-10(6-9(8)14)12(2,3)4/h6-7H,5H2,1-4H3;6-7H,5H2,1-4H3,(H,13,14). The van der Waals surface area contributed by atoms with Crippen LogP contribution in [-0.2, 0) is 20.3 Å². The molecule has 0 spiro atoms. The summed E-state index contributed by atoms with van der Waals surface area (Å²) in [5, 5.41) is 0.387. The number of esters is 2. The SMILES string of the molecule is CCOC(=O)c1c[nH]c(C(C)(C)C)cc1=O.CCOC(=O)c1cnc(C(C)(C)C)cc1Cl. The summed E-state index contributed by atoms with van der Waals surface area (Å²) in [6, 6.07) is 3.17. The van der Waals surface area contributed by atoms with Gasteiger partial charge in [0.2, 0.25) is 0 Å². The maximum atomic E-state index is 11.7. The van der Waals surface area contributed by atoms with Gasteiger partial charge in [-0.25, -0.2) is 9.59 Å². The molecular formula is C24H33ClN2O5. The first-order chi connectivity index (χ1) is 14.7. The fourth-order valence-corrected chi connectivity index (χ4v) is 2.70. The second-order valence-corrected chi connectivity index (χ2v) is 9.52. The molecule has 2 rings (SSSR count). The Kier molecular flexibility index (Phi) is 9.64. The zero-order valence-corrected chi connectivity index (χ0v) is 20.8.